The van der Waals surface area contributed by atoms with Crippen molar-refractivity contribution in [3.8, 4) is 5.75 Å². The summed E-state index contributed by atoms with van der Waals surface area (Å²) in [6, 6.07) is 16.9. The van der Waals surface area contributed by atoms with E-state index in [2.05, 4.69) is 40.6 Å². The van der Waals surface area contributed by atoms with Crippen LogP contribution in [-0.4, -0.2) is 16.6 Å². The lowest BCUT2D eigenvalue weighted by molar-refractivity contribution is 0.0552. The molecule has 2 bridgehead atoms. The van der Waals surface area contributed by atoms with Crippen LogP contribution in [0.1, 0.15) is 37.7 Å². The summed E-state index contributed by atoms with van der Waals surface area (Å²) >= 11 is 6.62. The fourth-order valence-electron chi connectivity index (χ4n) is 7.78. The third kappa shape index (κ3) is 2.63. The van der Waals surface area contributed by atoms with Crippen LogP contribution in [0.4, 0.5) is 0 Å². The highest BCUT2D eigenvalue weighted by Crippen LogP contribution is 2.80. The van der Waals surface area contributed by atoms with E-state index >= 15 is 0 Å². The molecule has 6 atom stereocenters. The quantitative estimate of drug-likeness (QED) is 0.559. The number of ether oxygens (including phenoxy) is 1. The van der Waals surface area contributed by atoms with Gasteiger partial charge in [0.2, 0.25) is 0 Å². The number of halogens is 1. The molecule has 4 saturated carbocycles. The minimum Gasteiger partial charge on any atom is -0.485 e. The molecule has 4 fully saturated rings. The third-order valence-corrected chi connectivity index (χ3v) is 9.36. The van der Waals surface area contributed by atoms with Gasteiger partial charge in [-0.15, -0.1) is 0 Å². The van der Waals surface area contributed by atoms with Crippen LogP contribution in [0.2, 0.25) is 5.02 Å². The largest absolute Gasteiger partial charge is 0.485 e. The molecule has 1 aromatic heterocycles. The number of rotatable bonds is 5. The summed E-state index contributed by atoms with van der Waals surface area (Å²) in [5.74, 6) is 3.02. The molecule has 0 aliphatic heterocycles. The summed E-state index contributed by atoms with van der Waals surface area (Å²) in [6.45, 7) is 0.939. The molecule has 0 saturated heterocycles. The van der Waals surface area contributed by atoms with E-state index < -0.39 is 0 Å². The van der Waals surface area contributed by atoms with E-state index in [9.17, 15) is 4.79 Å². The first-order chi connectivity index (χ1) is 15.6. The van der Waals surface area contributed by atoms with Gasteiger partial charge in [-0.1, -0.05) is 41.9 Å². The summed E-state index contributed by atoms with van der Waals surface area (Å²) in [4.78, 5) is 14.9. The molecule has 4 aliphatic carbocycles. The zero-order valence-corrected chi connectivity index (χ0v) is 18.7. The monoisotopic (exact) mass is 446 g/mol. The van der Waals surface area contributed by atoms with Crippen molar-refractivity contribution in [2.24, 2.45) is 23.2 Å². The van der Waals surface area contributed by atoms with E-state index in [4.69, 9.17) is 16.3 Å². The Balaban J connectivity index is 1.17. The Morgan fingerprint density at radius 3 is 2.88 bits per heavy atom. The van der Waals surface area contributed by atoms with E-state index in [0.29, 0.717) is 16.5 Å². The van der Waals surface area contributed by atoms with Crippen molar-refractivity contribution in [3.63, 3.8) is 0 Å². The number of H-pyrrole nitrogens is 1. The van der Waals surface area contributed by atoms with Crippen LogP contribution in [0.5, 0.6) is 5.75 Å². The average Bonchev–Trinajstić information content (AvgIpc) is 3.08. The van der Waals surface area contributed by atoms with Gasteiger partial charge in [-0.05, 0) is 79.0 Å². The van der Waals surface area contributed by atoms with Gasteiger partial charge in [0.1, 0.15) is 11.4 Å². The predicted molar refractivity (Wildman–Crippen MR) is 126 cm³/mol. The molecule has 6 unspecified atom stereocenters. The lowest BCUT2D eigenvalue weighted by Crippen LogP contribution is -2.37. The minimum atomic E-state index is -0.112. The summed E-state index contributed by atoms with van der Waals surface area (Å²) in [7, 11) is 0. The molecule has 2 aromatic carbocycles. The van der Waals surface area contributed by atoms with E-state index in [-0.39, 0.29) is 16.6 Å². The lowest BCUT2D eigenvalue weighted by Gasteiger charge is -2.34. The lowest BCUT2D eigenvalue weighted by atomic mass is 9.78. The van der Waals surface area contributed by atoms with Gasteiger partial charge < -0.3 is 15.0 Å². The predicted octanol–water partition coefficient (Wildman–Crippen LogP) is 5.30. The van der Waals surface area contributed by atoms with Crippen LogP contribution in [0.15, 0.2) is 59.5 Å². The molecule has 1 heterocycles. The zero-order chi connectivity index (χ0) is 21.5. The van der Waals surface area contributed by atoms with Crippen molar-refractivity contribution in [2.45, 2.75) is 50.3 Å². The standard InChI is InChI=1S/C27H27ClN2O2/c28-22-11-19-18(6-7-29-25(19)31)10-24(22)32-27-12-17-8-20-21(9-17)26(27,15-27)13-23(20)30-14-16-4-2-1-3-5-16/h1-7,10-11,17,20-21,23,30H,8-9,12-15H2,(H,29,31). The molecule has 0 radical (unpaired) electrons. The SMILES string of the molecule is O=c1[nH]ccc2cc(OC34CC5CC6C(NCc7ccccc7)CC3(C4)C6C5)c(Cl)cc12. The Morgan fingerprint density at radius 2 is 2.00 bits per heavy atom. The van der Waals surface area contributed by atoms with Gasteiger partial charge in [-0.25, -0.2) is 0 Å². The van der Waals surface area contributed by atoms with Crippen LogP contribution in [-0.2, 0) is 6.54 Å². The molecule has 1 spiro atoms. The fourth-order valence-corrected chi connectivity index (χ4v) is 7.98. The highest BCUT2D eigenvalue weighted by molar-refractivity contribution is 6.32. The summed E-state index contributed by atoms with van der Waals surface area (Å²) < 4.78 is 6.84. The number of benzene rings is 2. The number of aromatic amines is 1. The molecule has 0 amide bonds. The zero-order valence-electron chi connectivity index (χ0n) is 17.9. The smallest absolute Gasteiger partial charge is 0.255 e. The van der Waals surface area contributed by atoms with Gasteiger partial charge in [0.15, 0.2) is 0 Å². The maximum absolute atomic E-state index is 12.1. The molecule has 4 aliphatic rings. The van der Waals surface area contributed by atoms with Crippen molar-refractivity contribution in [2.75, 3.05) is 0 Å². The molecule has 32 heavy (non-hydrogen) atoms. The van der Waals surface area contributed by atoms with Crippen LogP contribution < -0.4 is 15.6 Å². The number of hydrogen-bond donors (Lipinski definition) is 2. The molecular weight excluding hydrogens is 420 g/mol. The van der Waals surface area contributed by atoms with Gasteiger partial charge in [0.25, 0.3) is 5.56 Å². The van der Waals surface area contributed by atoms with E-state index in [0.717, 1.165) is 48.3 Å². The molecular formula is C27H27ClN2O2. The second-order valence-corrected chi connectivity index (χ2v) is 11.0. The minimum absolute atomic E-state index is 0.0863. The Bertz CT molecular complexity index is 1270. The van der Waals surface area contributed by atoms with Crippen LogP contribution >= 0.6 is 11.6 Å². The number of nitrogens with one attached hydrogen (secondary N) is 2. The molecule has 164 valence electrons. The second-order valence-electron chi connectivity index (χ2n) is 10.6. The average molecular weight is 447 g/mol. The number of pyridine rings is 1. The summed E-state index contributed by atoms with van der Waals surface area (Å²) in [6.07, 6.45) is 7.86. The van der Waals surface area contributed by atoms with E-state index in [1.165, 1.54) is 24.8 Å². The Kier molecular flexibility index (Phi) is 3.97. The first kappa shape index (κ1) is 19.2. The van der Waals surface area contributed by atoms with E-state index in [1.54, 1.807) is 12.3 Å². The normalized spacial score (nSPS) is 36.3. The van der Waals surface area contributed by atoms with E-state index in [1.807, 2.05) is 12.1 Å². The fraction of sp³-hybridized carbons (Fsp3) is 0.444. The van der Waals surface area contributed by atoms with Gasteiger partial charge >= 0.3 is 0 Å². The molecule has 4 nitrogen and oxygen atoms in total. The number of hydrogen-bond acceptors (Lipinski definition) is 3. The maximum Gasteiger partial charge on any atom is 0.255 e. The molecule has 2 N–H and O–H groups in total. The van der Waals surface area contributed by atoms with Crippen LogP contribution in [0, 0.1) is 23.2 Å². The highest BCUT2D eigenvalue weighted by Gasteiger charge is 2.81. The highest BCUT2D eigenvalue weighted by atomic mass is 35.5. The maximum atomic E-state index is 12.1. The topological polar surface area (TPSA) is 54.1 Å². The second kappa shape index (κ2) is 6.61. The van der Waals surface area contributed by atoms with Crippen molar-refractivity contribution in [1.82, 2.24) is 10.3 Å². The first-order valence-electron chi connectivity index (χ1n) is 11.8. The molecule has 7 rings (SSSR count). The van der Waals surface area contributed by atoms with Crippen molar-refractivity contribution in [3.05, 3.63) is 75.7 Å². The third-order valence-electron chi connectivity index (χ3n) is 9.06. The summed E-state index contributed by atoms with van der Waals surface area (Å²) in [5.41, 5.74) is 1.44. The van der Waals surface area contributed by atoms with Gasteiger partial charge in [-0.3, -0.25) is 4.79 Å². The molecule has 5 heteroatoms. The Labute approximate surface area is 192 Å². The Morgan fingerprint density at radius 1 is 1.12 bits per heavy atom. The summed E-state index contributed by atoms with van der Waals surface area (Å²) in [5, 5.41) is 5.94. The molecule has 3 aromatic rings. The van der Waals surface area contributed by atoms with Gasteiger partial charge in [0, 0.05) is 29.6 Å². The first-order valence-corrected chi connectivity index (χ1v) is 12.2. The van der Waals surface area contributed by atoms with Crippen molar-refractivity contribution >= 4 is 22.4 Å². The number of fused-ring (bicyclic) bond motifs is 2. The van der Waals surface area contributed by atoms with Gasteiger partial charge in [0.05, 0.1) is 5.02 Å². The van der Waals surface area contributed by atoms with Crippen molar-refractivity contribution < 1.29 is 4.74 Å². The van der Waals surface area contributed by atoms with Crippen molar-refractivity contribution in [1.29, 1.82) is 0 Å². The van der Waals surface area contributed by atoms with Gasteiger partial charge in [-0.2, -0.15) is 0 Å². The number of aromatic nitrogens is 1. The van der Waals surface area contributed by atoms with Crippen LogP contribution in [0.25, 0.3) is 10.8 Å². The Hall–Kier alpha value is -2.30. The van der Waals surface area contributed by atoms with Crippen LogP contribution in [0.3, 0.4) is 0 Å².